The molecule has 11 heavy (non-hydrogen) atoms. The van der Waals surface area contributed by atoms with Crippen molar-refractivity contribution in [3.05, 3.63) is 11.1 Å². The second kappa shape index (κ2) is 2.79. The minimum Gasteiger partial charge on any atom is -0.375 e. The van der Waals surface area contributed by atoms with Gasteiger partial charge in [0.15, 0.2) is 5.13 Å². The minimum absolute atomic E-state index is 0.664. The van der Waals surface area contributed by atoms with Crippen molar-refractivity contribution >= 4 is 16.5 Å². The molecule has 0 amide bonds. The van der Waals surface area contributed by atoms with E-state index < -0.39 is 0 Å². The average Bonchev–Trinajstić information content (AvgIpc) is 2.72. The van der Waals surface area contributed by atoms with E-state index in [2.05, 4.69) is 10.3 Å². The van der Waals surface area contributed by atoms with Crippen LogP contribution in [0.1, 0.15) is 17.7 Å². The third kappa shape index (κ3) is 1.91. The molecule has 2 rings (SSSR count). The summed E-state index contributed by atoms with van der Waals surface area (Å²) in [5.74, 6) is 0. The molecule has 1 saturated carbocycles. The quantitative estimate of drug-likeness (QED) is 0.709. The third-order valence-corrected chi connectivity index (χ3v) is 2.54. The van der Waals surface area contributed by atoms with Crippen molar-refractivity contribution in [2.75, 3.05) is 5.73 Å². The zero-order valence-corrected chi connectivity index (χ0v) is 7.03. The number of anilines is 1. The number of nitrogens with two attached hydrogens (primary N) is 1. The number of nitrogen functional groups attached to an aromatic ring is 1. The second-order valence-electron chi connectivity index (χ2n) is 2.82. The van der Waals surface area contributed by atoms with Crippen LogP contribution in [0.25, 0.3) is 0 Å². The summed E-state index contributed by atoms with van der Waals surface area (Å²) in [4.78, 5) is 5.20. The predicted molar refractivity (Wildman–Crippen MR) is 46.4 cm³/mol. The maximum Gasteiger partial charge on any atom is 0.180 e. The monoisotopic (exact) mass is 169 g/mol. The Balaban J connectivity index is 1.85. The normalized spacial score (nSPS) is 17.1. The van der Waals surface area contributed by atoms with E-state index in [9.17, 15) is 0 Å². The Hall–Kier alpha value is -0.610. The Labute approximate surface area is 69.6 Å². The number of aromatic nitrogens is 1. The zero-order chi connectivity index (χ0) is 7.68. The number of rotatable bonds is 3. The van der Waals surface area contributed by atoms with Gasteiger partial charge in [0.25, 0.3) is 0 Å². The van der Waals surface area contributed by atoms with Gasteiger partial charge in [0.1, 0.15) is 0 Å². The van der Waals surface area contributed by atoms with Crippen LogP contribution in [0.3, 0.4) is 0 Å². The van der Waals surface area contributed by atoms with Crippen molar-refractivity contribution in [3.63, 3.8) is 0 Å². The molecule has 0 saturated heterocycles. The van der Waals surface area contributed by atoms with Crippen molar-refractivity contribution in [1.29, 1.82) is 0 Å². The summed E-state index contributed by atoms with van der Waals surface area (Å²) in [5, 5.41) is 4.07. The van der Waals surface area contributed by atoms with Gasteiger partial charge < -0.3 is 11.1 Å². The fraction of sp³-hybridized carbons (Fsp3) is 0.571. The summed E-state index contributed by atoms with van der Waals surface area (Å²) in [6.07, 6.45) is 4.50. The van der Waals surface area contributed by atoms with E-state index in [4.69, 9.17) is 5.73 Å². The Bertz CT molecular complexity index is 242. The van der Waals surface area contributed by atoms with E-state index in [1.165, 1.54) is 17.7 Å². The van der Waals surface area contributed by atoms with Gasteiger partial charge in [-0.3, -0.25) is 0 Å². The molecule has 1 aromatic rings. The van der Waals surface area contributed by atoms with Crippen molar-refractivity contribution in [2.24, 2.45) is 0 Å². The highest BCUT2D eigenvalue weighted by Crippen LogP contribution is 2.20. The third-order valence-electron chi connectivity index (χ3n) is 1.71. The van der Waals surface area contributed by atoms with Crippen LogP contribution in [0.15, 0.2) is 6.20 Å². The SMILES string of the molecule is Nc1ncc(CNC2CC2)s1. The molecule has 0 aliphatic heterocycles. The molecule has 0 radical (unpaired) electrons. The molecule has 3 N–H and O–H groups in total. The van der Waals surface area contributed by atoms with Crippen molar-refractivity contribution < 1.29 is 0 Å². The number of hydrogen-bond acceptors (Lipinski definition) is 4. The summed E-state index contributed by atoms with van der Waals surface area (Å²) in [6.45, 7) is 0.930. The first-order valence-electron chi connectivity index (χ1n) is 3.78. The van der Waals surface area contributed by atoms with Gasteiger partial charge in [-0.1, -0.05) is 0 Å². The van der Waals surface area contributed by atoms with Crippen LogP contribution in [0.4, 0.5) is 5.13 Å². The van der Waals surface area contributed by atoms with Crippen LogP contribution in [0, 0.1) is 0 Å². The Morgan fingerprint density at radius 3 is 3.09 bits per heavy atom. The zero-order valence-electron chi connectivity index (χ0n) is 6.21. The van der Waals surface area contributed by atoms with Crippen molar-refractivity contribution in [2.45, 2.75) is 25.4 Å². The summed E-state index contributed by atoms with van der Waals surface area (Å²) in [6, 6.07) is 0.762. The molecule has 4 heteroatoms. The van der Waals surface area contributed by atoms with E-state index in [0.29, 0.717) is 5.13 Å². The average molecular weight is 169 g/mol. The van der Waals surface area contributed by atoms with Gasteiger partial charge in [-0.25, -0.2) is 4.98 Å². The molecule has 1 heterocycles. The lowest BCUT2D eigenvalue weighted by atomic mass is 10.5. The van der Waals surface area contributed by atoms with Gasteiger partial charge in [-0.2, -0.15) is 0 Å². The van der Waals surface area contributed by atoms with E-state index in [1.54, 1.807) is 11.3 Å². The lowest BCUT2D eigenvalue weighted by Crippen LogP contribution is -2.14. The minimum atomic E-state index is 0.664. The molecular formula is C7H11N3S. The highest BCUT2D eigenvalue weighted by molar-refractivity contribution is 7.15. The number of hydrogen-bond donors (Lipinski definition) is 2. The molecule has 1 fully saturated rings. The van der Waals surface area contributed by atoms with E-state index in [1.807, 2.05) is 6.20 Å². The van der Waals surface area contributed by atoms with E-state index >= 15 is 0 Å². The fourth-order valence-electron chi connectivity index (χ4n) is 0.937. The van der Waals surface area contributed by atoms with Gasteiger partial charge in [0.05, 0.1) is 0 Å². The number of nitrogens with zero attached hydrogens (tertiary/aromatic N) is 1. The fourth-order valence-corrected chi connectivity index (χ4v) is 1.57. The first-order chi connectivity index (χ1) is 5.34. The first kappa shape index (κ1) is 7.06. The van der Waals surface area contributed by atoms with Crippen LogP contribution in [-0.2, 0) is 6.54 Å². The maximum atomic E-state index is 5.48. The van der Waals surface area contributed by atoms with Gasteiger partial charge in [0.2, 0.25) is 0 Å². The van der Waals surface area contributed by atoms with Gasteiger partial charge >= 0.3 is 0 Å². The molecule has 1 aliphatic rings. The largest absolute Gasteiger partial charge is 0.375 e. The van der Waals surface area contributed by atoms with Crippen LogP contribution >= 0.6 is 11.3 Å². The molecule has 0 aromatic carbocycles. The maximum absolute atomic E-state index is 5.48. The molecular weight excluding hydrogens is 158 g/mol. The van der Waals surface area contributed by atoms with E-state index in [-0.39, 0.29) is 0 Å². The topological polar surface area (TPSA) is 50.9 Å². The van der Waals surface area contributed by atoms with Crippen LogP contribution in [-0.4, -0.2) is 11.0 Å². The Morgan fingerprint density at radius 1 is 1.73 bits per heavy atom. The Kier molecular flexibility index (Phi) is 1.79. The molecule has 1 aromatic heterocycles. The first-order valence-corrected chi connectivity index (χ1v) is 4.60. The molecule has 60 valence electrons. The molecule has 0 spiro atoms. The lowest BCUT2D eigenvalue weighted by Gasteiger charge is -1.96. The van der Waals surface area contributed by atoms with Crippen LogP contribution < -0.4 is 11.1 Å². The molecule has 0 bridgehead atoms. The van der Waals surface area contributed by atoms with Crippen molar-refractivity contribution in [3.8, 4) is 0 Å². The predicted octanol–water partition coefficient (Wildman–Crippen LogP) is 0.977. The Morgan fingerprint density at radius 2 is 2.55 bits per heavy atom. The number of thiazole rings is 1. The van der Waals surface area contributed by atoms with Gasteiger partial charge in [-0.05, 0) is 12.8 Å². The van der Waals surface area contributed by atoms with Crippen LogP contribution in [0.5, 0.6) is 0 Å². The summed E-state index contributed by atoms with van der Waals surface area (Å²) < 4.78 is 0. The van der Waals surface area contributed by atoms with Gasteiger partial charge in [-0.15, -0.1) is 11.3 Å². The van der Waals surface area contributed by atoms with Crippen molar-refractivity contribution in [1.82, 2.24) is 10.3 Å². The van der Waals surface area contributed by atoms with E-state index in [0.717, 1.165) is 12.6 Å². The summed E-state index contributed by atoms with van der Waals surface area (Å²) in [7, 11) is 0. The highest BCUT2D eigenvalue weighted by Gasteiger charge is 2.20. The lowest BCUT2D eigenvalue weighted by molar-refractivity contribution is 0.694. The highest BCUT2D eigenvalue weighted by atomic mass is 32.1. The van der Waals surface area contributed by atoms with Crippen LogP contribution in [0.2, 0.25) is 0 Å². The van der Waals surface area contributed by atoms with Gasteiger partial charge in [0, 0.05) is 23.7 Å². The second-order valence-corrected chi connectivity index (χ2v) is 3.97. The molecule has 3 nitrogen and oxygen atoms in total. The molecule has 1 aliphatic carbocycles. The molecule has 0 unspecified atom stereocenters. The smallest absolute Gasteiger partial charge is 0.180 e. The number of nitrogens with one attached hydrogen (secondary N) is 1. The molecule has 0 atom stereocenters. The summed E-state index contributed by atoms with van der Waals surface area (Å²) in [5.41, 5.74) is 5.48. The standard InChI is InChI=1S/C7H11N3S/c8-7-10-4-6(11-7)3-9-5-1-2-5/h4-5,9H,1-3H2,(H2,8,10). The summed E-state index contributed by atoms with van der Waals surface area (Å²) >= 11 is 1.56.